The molecule has 0 aliphatic carbocycles. The number of carbonyl (C=O) groups is 1. The molecule has 0 fully saturated rings. The second-order valence-electron chi connectivity index (χ2n) is 4.80. The summed E-state index contributed by atoms with van der Waals surface area (Å²) < 4.78 is 0. The maximum absolute atomic E-state index is 11.9. The maximum Gasteiger partial charge on any atom is 0.233 e. The van der Waals surface area contributed by atoms with Gasteiger partial charge < -0.3 is 11.1 Å². The van der Waals surface area contributed by atoms with E-state index in [-0.39, 0.29) is 11.2 Å². The predicted molar refractivity (Wildman–Crippen MR) is 83.4 cm³/mol. The highest BCUT2D eigenvalue weighted by Gasteiger charge is 2.14. The van der Waals surface area contributed by atoms with Crippen molar-refractivity contribution in [2.45, 2.75) is 50.2 Å². The molecule has 0 bridgehead atoms. The molecule has 0 aliphatic rings. The summed E-state index contributed by atoms with van der Waals surface area (Å²) in [6, 6.07) is 5.94. The van der Waals surface area contributed by atoms with Crippen molar-refractivity contribution in [1.82, 2.24) is 5.32 Å². The second-order valence-corrected chi connectivity index (χ2v) is 6.18. The third-order valence-electron chi connectivity index (χ3n) is 2.92. The summed E-state index contributed by atoms with van der Waals surface area (Å²) >= 11 is 1.51. The number of benzene rings is 1. The van der Waals surface area contributed by atoms with Gasteiger partial charge in [0.05, 0.1) is 5.25 Å². The Morgan fingerprint density at radius 2 is 2.16 bits per heavy atom. The van der Waals surface area contributed by atoms with E-state index in [4.69, 9.17) is 5.73 Å². The van der Waals surface area contributed by atoms with Gasteiger partial charge in [-0.2, -0.15) is 0 Å². The Balaban J connectivity index is 2.45. The average molecular weight is 280 g/mol. The highest BCUT2D eigenvalue weighted by molar-refractivity contribution is 8.00. The number of amides is 1. The van der Waals surface area contributed by atoms with E-state index in [1.807, 2.05) is 32.0 Å². The molecular formula is C15H24N2OS. The van der Waals surface area contributed by atoms with Gasteiger partial charge in [0.15, 0.2) is 0 Å². The number of nitrogens with two attached hydrogens (primary N) is 1. The Kier molecular flexibility index (Phi) is 6.78. The molecule has 1 atom stereocenters. The first-order chi connectivity index (χ1) is 9.04. The molecule has 106 valence electrons. The monoisotopic (exact) mass is 280 g/mol. The molecule has 0 aliphatic heterocycles. The first-order valence-electron chi connectivity index (χ1n) is 6.85. The summed E-state index contributed by atoms with van der Waals surface area (Å²) in [5, 5.41) is 2.85. The third-order valence-corrected chi connectivity index (χ3v) is 4.11. The van der Waals surface area contributed by atoms with Crippen molar-refractivity contribution < 1.29 is 4.79 Å². The molecule has 4 heteroatoms. The van der Waals surface area contributed by atoms with E-state index in [1.54, 1.807) is 0 Å². The van der Waals surface area contributed by atoms with Crippen LogP contribution in [0.2, 0.25) is 0 Å². The van der Waals surface area contributed by atoms with E-state index in [2.05, 4.69) is 12.2 Å². The number of carbonyl (C=O) groups excluding carboxylic acids is 1. The molecule has 0 heterocycles. The fourth-order valence-electron chi connectivity index (χ4n) is 1.75. The summed E-state index contributed by atoms with van der Waals surface area (Å²) in [5.74, 6) is 0.0843. The number of thioether (sulfide) groups is 1. The molecule has 3 N–H and O–H groups in total. The Morgan fingerprint density at radius 3 is 2.79 bits per heavy atom. The van der Waals surface area contributed by atoms with E-state index in [1.165, 1.54) is 18.2 Å². The first kappa shape index (κ1) is 15.9. The fraction of sp³-hybridized carbons (Fsp3) is 0.533. The molecular weight excluding hydrogens is 256 g/mol. The van der Waals surface area contributed by atoms with Crippen molar-refractivity contribution in [3.8, 4) is 0 Å². The van der Waals surface area contributed by atoms with Crippen molar-refractivity contribution in [2.24, 2.45) is 0 Å². The number of unbranched alkanes of at least 4 members (excludes halogenated alkanes) is 2. The minimum atomic E-state index is -0.119. The normalized spacial score (nSPS) is 12.2. The largest absolute Gasteiger partial charge is 0.398 e. The molecule has 0 saturated carbocycles. The molecule has 19 heavy (non-hydrogen) atoms. The Labute approximate surface area is 120 Å². The number of aryl methyl sites for hydroxylation is 1. The van der Waals surface area contributed by atoms with Crippen molar-refractivity contribution in [3.05, 3.63) is 23.8 Å². The molecule has 1 amide bonds. The van der Waals surface area contributed by atoms with Crippen LogP contribution in [0.15, 0.2) is 23.1 Å². The predicted octanol–water partition coefficient (Wildman–Crippen LogP) is 3.36. The zero-order valence-corrected chi connectivity index (χ0v) is 12.8. The summed E-state index contributed by atoms with van der Waals surface area (Å²) in [6.45, 7) is 6.84. The minimum Gasteiger partial charge on any atom is -0.398 e. The van der Waals surface area contributed by atoms with Crippen LogP contribution in [0.4, 0.5) is 5.69 Å². The van der Waals surface area contributed by atoms with Gasteiger partial charge in [0, 0.05) is 17.1 Å². The van der Waals surface area contributed by atoms with Crippen LogP contribution >= 0.6 is 11.8 Å². The third kappa shape index (κ3) is 5.55. The second kappa shape index (κ2) is 8.10. The lowest BCUT2D eigenvalue weighted by Crippen LogP contribution is -2.31. The number of anilines is 1. The maximum atomic E-state index is 11.9. The van der Waals surface area contributed by atoms with Gasteiger partial charge in [-0.1, -0.05) is 25.8 Å². The topological polar surface area (TPSA) is 55.1 Å². The van der Waals surface area contributed by atoms with E-state index in [0.29, 0.717) is 0 Å². The quantitative estimate of drug-likeness (QED) is 0.457. The van der Waals surface area contributed by atoms with Crippen LogP contribution in [0.25, 0.3) is 0 Å². The van der Waals surface area contributed by atoms with Gasteiger partial charge >= 0.3 is 0 Å². The zero-order chi connectivity index (χ0) is 14.3. The van der Waals surface area contributed by atoms with Gasteiger partial charge in [0.1, 0.15) is 0 Å². The average Bonchev–Trinajstić information content (AvgIpc) is 2.37. The molecule has 1 unspecified atom stereocenters. The fourth-order valence-corrected chi connectivity index (χ4v) is 2.66. The Morgan fingerprint density at radius 1 is 1.42 bits per heavy atom. The lowest BCUT2D eigenvalue weighted by molar-refractivity contribution is -0.120. The molecule has 0 spiro atoms. The molecule has 1 rings (SSSR count). The van der Waals surface area contributed by atoms with E-state index < -0.39 is 0 Å². The zero-order valence-electron chi connectivity index (χ0n) is 12.0. The number of nitrogens with one attached hydrogen (secondary N) is 1. The van der Waals surface area contributed by atoms with Gasteiger partial charge in [0.2, 0.25) is 5.91 Å². The SMILES string of the molecule is CCCCCNC(=O)C(C)Sc1ccc(C)cc1N. The Bertz CT molecular complexity index is 421. The lowest BCUT2D eigenvalue weighted by atomic mass is 10.2. The minimum absolute atomic E-state index is 0.0843. The van der Waals surface area contributed by atoms with Crippen molar-refractivity contribution in [3.63, 3.8) is 0 Å². The highest BCUT2D eigenvalue weighted by Crippen LogP contribution is 2.29. The van der Waals surface area contributed by atoms with Crippen LogP contribution in [-0.2, 0) is 4.79 Å². The van der Waals surface area contributed by atoms with Crippen molar-refractivity contribution in [2.75, 3.05) is 12.3 Å². The summed E-state index contributed by atoms with van der Waals surface area (Å²) in [5.41, 5.74) is 7.84. The Hall–Kier alpha value is -1.16. The van der Waals surface area contributed by atoms with Crippen LogP contribution in [0.3, 0.4) is 0 Å². The van der Waals surface area contributed by atoms with Crippen LogP contribution in [-0.4, -0.2) is 17.7 Å². The van der Waals surface area contributed by atoms with E-state index in [9.17, 15) is 4.79 Å². The van der Waals surface area contributed by atoms with Crippen LogP contribution in [0, 0.1) is 6.92 Å². The summed E-state index contributed by atoms with van der Waals surface area (Å²) in [7, 11) is 0. The molecule has 1 aromatic carbocycles. The van der Waals surface area contributed by atoms with Gasteiger partial charge in [0.25, 0.3) is 0 Å². The lowest BCUT2D eigenvalue weighted by Gasteiger charge is -2.13. The van der Waals surface area contributed by atoms with Crippen molar-refractivity contribution in [1.29, 1.82) is 0 Å². The summed E-state index contributed by atoms with van der Waals surface area (Å²) in [6.07, 6.45) is 3.37. The van der Waals surface area contributed by atoms with E-state index >= 15 is 0 Å². The first-order valence-corrected chi connectivity index (χ1v) is 7.73. The van der Waals surface area contributed by atoms with Crippen molar-refractivity contribution >= 4 is 23.4 Å². The van der Waals surface area contributed by atoms with E-state index in [0.717, 1.165) is 35.5 Å². The van der Waals surface area contributed by atoms with Crippen LogP contribution in [0.1, 0.15) is 38.7 Å². The van der Waals surface area contributed by atoms with Crippen LogP contribution < -0.4 is 11.1 Å². The van der Waals surface area contributed by atoms with Gasteiger partial charge in [-0.05, 0) is 38.0 Å². The van der Waals surface area contributed by atoms with Gasteiger partial charge in [-0.3, -0.25) is 4.79 Å². The molecule has 0 aromatic heterocycles. The number of hydrogen-bond donors (Lipinski definition) is 2. The molecule has 1 aromatic rings. The van der Waals surface area contributed by atoms with Gasteiger partial charge in [-0.25, -0.2) is 0 Å². The standard InChI is InChI=1S/C15H24N2OS/c1-4-5-6-9-17-15(18)12(3)19-14-8-7-11(2)10-13(14)16/h7-8,10,12H,4-6,9,16H2,1-3H3,(H,17,18). The molecule has 3 nitrogen and oxygen atoms in total. The van der Waals surface area contributed by atoms with Gasteiger partial charge in [-0.15, -0.1) is 11.8 Å². The number of hydrogen-bond acceptors (Lipinski definition) is 3. The number of nitrogen functional groups attached to an aromatic ring is 1. The summed E-state index contributed by atoms with van der Waals surface area (Å²) in [4.78, 5) is 12.9. The molecule has 0 saturated heterocycles. The van der Waals surface area contributed by atoms with Crippen LogP contribution in [0.5, 0.6) is 0 Å². The highest BCUT2D eigenvalue weighted by atomic mass is 32.2. The molecule has 0 radical (unpaired) electrons. The number of rotatable bonds is 7. The smallest absolute Gasteiger partial charge is 0.233 e.